The fourth-order valence-corrected chi connectivity index (χ4v) is 3.83. The van der Waals surface area contributed by atoms with Gasteiger partial charge in [-0.2, -0.15) is 4.98 Å². The van der Waals surface area contributed by atoms with Crippen molar-refractivity contribution in [2.75, 3.05) is 6.54 Å². The zero-order chi connectivity index (χ0) is 18.6. The molecule has 0 radical (unpaired) electrons. The molecule has 0 aliphatic rings. The smallest absolute Gasteiger partial charge is 0.224 e. The van der Waals surface area contributed by atoms with Gasteiger partial charge < -0.3 is 5.32 Å². The van der Waals surface area contributed by atoms with Crippen LogP contribution in [0.15, 0.2) is 60.0 Å². The Hall–Kier alpha value is -2.99. The van der Waals surface area contributed by atoms with Gasteiger partial charge in [0.05, 0.1) is 12.1 Å². The van der Waals surface area contributed by atoms with Gasteiger partial charge in [-0.05, 0) is 18.6 Å². The Morgan fingerprint density at radius 2 is 2.00 bits per heavy atom. The molecule has 5 nitrogen and oxygen atoms in total. The molecule has 0 aliphatic heterocycles. The number of nitrogens with zero attached hydrogens (tertiary/aromatic N) is 3. The molecule has 0 saturated carbocycles. The van der Waals surface area contributed by atoms with Crippen molar-refractivity contribution >= 4 is 22.2 Å². The summed E-state index contributed by atoms with van der Waals surface area (Å²) in [5.41, 5.74) is 4.29. The van der Waals surface area contributed by atoms with E-state index < -0.39 is 0 Å². The maximum Gasteiger partial charge on any atom is 0.224 e. The number of benzene rings is 2. The van der Waals surface area contributed by atoms with Gasteiger partial charge in [-0.15, -0.1) is 16.4 Å². The van der Waals surface area contributed by atoms with Gasteiger partial charge in [0, 0.05) is 23.9 Å². The van der Waals surface area contributed by atoms with Crippen molar-refractivity contribution in [2.24, 2.45) is 0 Å². The normalized spacial score (nSPS) is 11.0. The molecule has 0 aliphatic carbocycles. The first-order valence-electron chi connectivity index (χ1n) is 8.90. The van der Waals surface area contributed by atoms with Crippen LogP contribution in [0.2, 0.25) is 0 Å². The first-order valence-corrected chi connectivity index (χ1v) is 9.78. The molecule has 136 valence electrons. The predicted molar refractivity (Wildman–Crippen MR) is 108 cm³/mol. The van der Waals surface area contributed by atoms with E-state index in [2.05, 4.69) is 39.8 Å². The van der Waals surface area contributed by atoms with Crippen molar-refractivity contribution in [3.63, 3.8) is 0 Å². The molecule has 2 heterocycles. The Morgan fingerprint density at radius 3 is 2.81 bits per heavy atom. The third kappa shape index (κ3) is 4.06. The lowest BCUT2D eigenvalue weighted by Gasteiger charge is -2.04. The maximum atomic E-state index is 12.1. The number of nitrogens with one attached hydrogen (secondary N) is 1. The van der Waals surface area contributed by atoms with Crippen molar-refractivity contribution in [1.82, 2.24) is 19.9 Å². The summed E-state index contributed by atoms with van der Waals surface area (Å²) < 4.78 is 1.88. The van der Waals surface area contributed by atoms with Gasteiger partial charge in [0.1, 0.15) is 0 Å². The fraction of sp³-hybridized carbons (Fsp3) is 0.190. The third-order valence-corrected chi connectivity index (χ3v) is 5.20. The van der Waals surface area contributed by atoms with E-state index in [1.165, 1.54) is 5.56 Å². The topological polar surface area (TPSA) is 59.3 Å². The number of hydrogen-bond acceptors (Lipinski definition) is 4. The maximum absolute atomic E-state index is 12.1. The number of amides is 1. The van der Waals surface area contributed by atoms with Crippen molar-refractivity contribution in [2.45, 2.75) is 19.8 Å². The van der Waals surface area contributed by atoms with E-state index in [0.29, 0.717) is 13.0 Å². The third-order valence-electron chi connectivity index (χ3n) is 4.34. The number of aromatic nitrogens is 3. The molecule has 27 heavy (non-hydrogen) atoms. The highest BCUT2D eigenvalue weighted by atomic mass is 32.1. The zero-order valence-electron chi connectivity index (χ0n) is 15.1. The molecular weight excluding hydrogens is 356 g/mol. The second-order valence-electron chi connectivity index (χ2n) is 6.49. The van der Waals surface area contributed by atoms with E-state index in [0.717, 1.165) is 34.0 Å². The summed E-state index contributed by atoms with van der Waals surface area (Å²) in [7, 11) is 0. The highest BCUT2D eigenvalue weighted by molar-refractivity contribution is 7.15. The summed E-state index contributed by atoms with van der Waals surface area (Å²) in [4.78, 5) is 17.6. The van der Waals surface area contributed by atoms with Gasteiger partial charge in [0.25, 0.3) is 0 Å². The van der Waals surface area contributed by atoms with Gasteiger partial charge in [0.15, 0.2) is 5.82 Å². The number of thiazole rings is 1. The van der Waals surface area contributed by atoms with Gasteiger partial charge >= 0.3 is 0 Å². The zero-order valence-corrected chi connectivity index (χ0v) is 15.9. The van der Waals surface area contributed by atoms with Crippen LogP contribution in [0, 0.1) is 6.92 Å². The molecule has 0 unspecified atom stereocenters. The monoisotopic (exact) mass is 376 g/mol. The van der Waals surface area contributed by atoms with Gasteiger partial charge in [-0.25, -0.2) is 4.52 Å². The molecule has 0 saturated heterocycles. The molecular formula is C21H20N4OS. The quantitative estimate of drug-likeness (QED) is 0.559. The van der Waals surface area contributed by atoms with Crippen molar-refractivity contribution < 1.29 is 4.79 Å². The Morgan fingerprint density at radius 1 is 1.15 bits per heavy atom. The average molecular weight is 376 g/mol. The van der Waals surface area contributed by atoms with Crippen molar-refractivity contribution in [3.8, 4) is 11.4 Å². The number of aryl methyl sites for hydroxylation is 1. The number of carbonyl (C=O) groups is 1. The average Bonchev–Trinajstić information content (AvgIpc) is 3.24. The van der Waals surface area contributed by atoms with Crippen molar-refractivity contribution in [3.05, 3.63) is 76.8 Å². The van der Waals surface area contributed by atoms with Crippen LogP contribution in [0.5, 0.6) is 0 Å². The molecule has 1 amide bonds. The summed E-state index contributed by atoms with van der Waals surface area (Å²) in [6.07, 6.45) is 1.12. The number of rotatable bonds is 6. The molecule has 0 fully saturated rings. The van der Waals surface area contributed by atoms with E-state index in [-0.39, 0.29) is 5.91 Å². The van der Waals surface area contributed by atoms with Crippen LogP contribution < -0.4 is 5.32 Å². The van der Waals surface area contributed by atoms with E-state index in [9.17, 15) is 4.79 Å². The fourth-order valence-electron chi connectivity index (χ4n) is 2.98. The lowest BCUT2D eigenvalue weighted by molar-refractivity contribution is -0.120. The SMILES string of the molecule is Cc1cccc(-c2nc3scc(CCNC(=O)Cc4ccccc4)n3n2)c1. The summed E-state index contributed by atoms with van der Waals surface area (Å²) in [6.45, 7) is 2.64. The number of hydrogen-bond donors (Lipinski definition) is 1. The summed E-state index contributed by atoms with van der Waals surface area (Å²) in [5, 5.41) is 9.69. The molecule has 6 heteroatoms. The molecule has 4 rings (SSSR count). The molecule has 2 aromatic carbocycles. The van der Waals surface area contributed by atoms with Crippen LogP contribution in [0.1, 0.15) is 16.8 Å². The first-order chi connectivity index (χ1) is 13.2. The van der Waals surface area contributed by atoms with Gasteiger partial charge in [-0.3, -0.25) is 4.79 Å². The minimum atomic E-state index is 0.0340. The Balaban J connectivity index is 1.40. The van der Waals surface area contributed by atoms with E-state index in [1.807, 2.05) is 47.0 Å². The lowest BCUT2D eigenvalue weighted by atomic mass is 10.1. The minimum Gasteiger partial charge on any atom is -0.355 e. The molecule has 0 bridgehead atoms. The van der Waals surface area contributed by atoms with E-state index in [1.54, 1.807) is 11.3 Å². The Bertz CT molecular complexity index is 1070. The van der Waals surface area contributed by atoms with Crippen LogP contribution >= 0.6 is 11.3 Å². The van der Waals surface area contributed by atoms with Crippen LogP contribution in [-0.2, 0) is 17.6 Å². The van der Waals surface area contributed by atoms with Crippen molar-refractivity contribution in [1.29, 1.82) is 0 Å². The van der Waals surface area contributed by atoms with E-state index in [4.69, 9.17) is 0 Å². The Kier molecular flexibility index (Phi) is 4.98. The Labute approximate surface area is 161 Å². The van der Waals surface area contributed by atoms with Crippen LogP contribution in [-0.4, -0.2) is 27.0 Å². The van der Waals surface area contributed by atoms with Gasteiger partial charge in [0.2, 0.25) is 10.9 Å². The minimum absolute atomic E-state index is 0.0340. The highest BCUT2D eigenvalue weighted by Crippen LogP contribution is 2.21. The molecule has 2 aromatic heterocycles. The lowest BCUT2D eigenvalue weighted by Crippen LogP contribution is -2.27. The second-order valence-corrected chi connectivity index (χ2v) is 7.33. The van der Waals surface area contributed by atoms with Crippen LogP contribution in [0.3, 0.4) is 0 Å². The predicted octanol–water partition coefficient (Wildman–Crippen LogP) is 3.67. The molecule has 0 spiro atoms. The van der Waals surface area contributed by atoms with Crippen LogP contribution in [0.4, 0.5) is 0 Å². The van der Waals surface area contributed by atoms with Gasteiger partial charge in [-0.1, -0.05) is 54.1 Å². The standard InChI is InChI=1S/C21H20N4OS/c1-15-6-5-9-17(12-15)20-23-21-25(24-20)18(14-27-21)10-11-22-19(26)13-16-7-3-2-4-8-16/h2-9,12,14H,10-11,13H2,1H3,(H,22,26). The second kappa shape index (κ2) is 7.72. The first kappa shape index (κ1) is 17.4. The molecule has 4 aromatic rings. The summed E-state index contributed by atoms with van der Waals surface area (Å²) in [6, 6.07) is 18.0. The molecule has 1 N–H and O–H groups in total. The summed E-state index contributed by atoms with van der Waals surface area (Å²) >= 11 is 1.57. The summed E-state index contributed by atoms with van der Waals surface area (Å²) in [5.74, 6) is 0.770. The molecule has 0 atom stereocenters. The highest BCUT2D eigenvalue weighted by Gasteiger charge is 2.12. The van der Waals surface area contributed by atoms with Crippen LogP contribution in [0.25, 0.3) is 16.3 Å². The van der Waals surface area contributed by atoms with E-state index >= 15 is 0 Å². The largest absolute Gasteiger partial charge is 0.355 e. The number of carbonyl (C=O) groups excluding carboxylic acids is 1. The number of fused-ring (bicyclic) bond motifs is 1.